The van der Waals surface area contributed by atoms with E-state index in [0.29, 0.717) is 11.8 Å². The van der Waals surface area contributed by atoms with E-state index >= 15 is 0 Å². The first-order valence-corrected chi connectivity index (χ1v) is 7.89. The number of ether oxygens (including phenoxy) is 1. The smallest absolute Gasteiger partial charge is 0.0722 e. The van der Waals surface area contributed by atoms with Crippen molar-refractivity contribution < 1.29 is 9.84 Å². The minimum atomic E-state index is -0.443. The fourth-order valence-corrected chi connectivity index (χ4v) is 3.85. The summed E-state index contributed by atoms with van der Waals surface area (Å²) in [6.07, 6.45) is 8.35. The van der Waals surface area contributed by atoms with Gasteiger partial charge >= 0.3 is 0 Å². The number of hydrogen-bond donors (Lipinski definition) is 1. The van der Waals surface area contributed by atoms with Crippen LogP contribution in [0.5, 0.6) is 0 Å². The van der Waals surface area contributed by atoms with E-state index in [2.05, 4.69) is 20.8 Å². The normalized spacial score (nSPS) is 42.2. The molecule has 2 fully saturated rings. The average molecular weight is 254 g/mol. The Morgan fingerprint density at radius 1 is 1.33 bits per heavy atom. The van der Waals surface area contributed by atoms with Crippen molar-refractivity contribution >= 4 is 0 Å². The Balaban J connectivity index is 2.00. The van der Waals surface area contributed by atoms with Crippen molar-refractivity contribution in [2.75, 3.05) is 6.61 Å². The van der Waals surface area contributed by atoms with Gasteiger partial charge in [0.1, 0.15) is 0 Å². The third-order valence-corrected chi connectivity index (χ3v) is 5.29. The molecule has 2 heteroatoms. The van der Waals surface area contributed by atoms with Crippen molar-refractivity contribution in [1.82, 2.24) is 0 Å². The lowest BCUT2D eigenvalue weighted by Crippen LogP contribution is -2.49. The summed E-state index contributed by atoms with van der Waals surface area (Å²) < 4.78 is 5.82. The molecule has 1 aliphatic heterocycles. The van der Waals surface area contributed by atoms with Crippen LogP contribution in [0.25, 0.3) is 0 Å². The molecule has 0 amide bonds. The minimum Gasteiger partial charge on any atom is -0.389 e. The Labute approximate surface area is 112 Å². The maximum absolute atomic E-state index is 11.0. The summed E-state index contributed by atoms with van der Waals surface area (Å²) in [5.74, 6) is 1.87. The van der Waals surface area contributed by atoms with E-state index in [4.69, 9.17) is 4.74 Å². The van der Waals surface area contributed by atoms with Crippen LogP contribution >= 0.6 is 0 Å². The molecule has 1 saturated heterocycles. The molecule has 1 aliphatic carbocycles. The molecule has 2 aliphatic rings. The van der Waals surface area contributed by atoms with Gasteiger partial charge in [0.05, 0.1) is 11.7 Å². The molecule has 2 rings (SSSR count). The largest absolute Gasteiger partial charge is 0.389 e. The number of rotatable bonds is 3. The molecule has 0 aromatic rings. The second kappa shape index (κ2) is 5.92. The maximum Gasteiger partial charge on any atom is 0.0722 e. The van der Waals surface area contributed by atoms with Crippen LogP contribution in [0.2, 0.25) is 0 Å². The Kier molecular flexibility index (Phi) is 4.71. The quantitative estimate of drug-likeness (QED) is 0.830. The molecule has 0 spiro atoms. The van der Waals surface area contributed by atoms with Gasteiger partial charge in [0.25, 0.3) is 0 Å². The second-order valence-corrected chi connectivity index (χ2v) is 6.85. The zero-order valence-corrected chi connectivity index (χ0v) is 12.3. The van der Waals surface area contributed by atoms with Crippen molar-refractivity contribution in [3.63, 3.8) is 0 Å². The van der Waals surface area contributed by atoms with Crippen LogP contribution in [-0.4, -0.2) is 23.4 Å². The first-order valence-electron chi connectivity index (χ1n) is 7.89. The predicted octanol–water partition coefficient (Wildman–Crippen LogP) is 3.77. The summed E-state index contributed by atoms with van der Waals surface area (Å²) in [7, 11) is 0. The van der Waals surface area contributed by atoms with Crippen LogP contribution in [0.3, 0.4) is 0 Å². The highest BCUT2D eigenvalue weighted by atomic mass is 16.5. The highest BCUT2D eigenvalue weighted by molar-refractivity contribution is 4.94. The molecular weight excluding hydrogens is 224 g/mol. The lowest BCUT2D eigenvalue weighted by Gasteiger charge is -2.46. The van der Waals surface area contributed by atoms with Gasteiger partial charge in [0, 0.05) is 13.0 Å². The molecule has 106 valence electrons. The van der Waals surface area contributed by atoms with Gasteiger partial charge in [0.2, 0.25) is 0 Å². The molecule has 4 unspecified atom stereocenters. The van der Waals surface area contributed by atoms with Gasteiger partial charge < -0.3 is 9.84 Å². The topological polar surface area (TPSA) is 29.5 Å². The summed E-state index contributed by atoms with van der Waals surface area (Å²) in [6, 6.07) is 0. The van der Waals surface area contributed by atoms with E-state index in [1.54, 1.807) is 0 Å². The van der Waals surface area contributed by atoms with E-state index in [1.807, 2.05) is 0 Å². The fraction of sp³-hybridized carbons (Fsp3) is 1.00. The minimum absolute atomic E-state index is 0.255. The summed E-state index contributed by atoms with van der Waals surface area (Å²) in [5.41, 5.74) is -0.443. The SMILES string of the molecule is CCC1CCCC(C2(O)CCOC(C(C)C)C2)C1. The highest BCUT2D eigenvalue weighted by Crippen LogP contribution is 2.43. The van der Waals surface area contributed by atoms with Gasteiger partial charge in [-0.3, -0.25) is 0 Å². The first kappa shape index (κ1) is 14.3. The van der Waals surface area contributed by atoms with Crippen molar-refractivity contribution in [1.29, 1.82) is 0 Å². The lowest BCUT2D eigenvalue weighted by atomic mass is 9.68. The van der Waals surface area contributed by atoms with Gasteiger partial charge in [0.15, 0.2) is 0 Å². The molecule has 0 aromatic carbocycles. The Morgan fingerprint density at radius 2 is 2.11 bits per heavy atom. The second-order valence-electron chi connectivity index (χ2n) is 6.85. The standard InChI is InChI=1S/C16H30O2/c1-4-13-6-5-7-14(10-13)16(17)8-9-18-15(11-16)12(2)3/h12-15,17H,4-11H2,1-3H3. The van der Waals surface area contributed by atoms with Gasteiger partial charge in [-0.1, -0.05) is 40.0 Å². The maximum atomic E-state index is 11.0. The Bertz CT molecular complexity index is 264. The van der Waals surface area contributed by atoms with Crippen LogP contribution in [0.4, 0.5) is 0 Å². The molecule has 0 radical (unpaired) electrons. The van der Waals surface area contributed by atoms with Gasteiger partial charge in [-0.2, -0.15) is 0 Å². The molecule has 2 nitrogen and oxygen atoms in total. The molecule has 1 heterocycles. The van der Waals surface area contributed by atoms with Gasteiger partial charge in [-0.15, -0.1) is 0 Å². The predicted molar refractivity (Wildman–Crippen MR) is 74.5 cm³/mol. The zero-order valence-electron chi connectivity index (χ0n) is 12.3. The van der Waals surface area contributed by atoms with E-state index < -0.39 is 5.60 Å². The third-order valence-electron chi connectivity index (χ3n) is 5.29. The van der Waals surface area contributed by atoms with Crippen LogP contribution in [0, 0.1) is 17.8 Å². The summed E-state index contributed by atoms with van der Waals surface area (Å²) in [6.45, 7) is 7.43. The average Bonchev–Trinajstić information content (AvgIpc) is 2.39. The molecule has 0 aromatic heterocycles. The first-order chi connectivity index (χ1) is 8.55. The van der Waals surface area contributed by atoms with Crippen molar-refractivity contribution in [3.05, 3.63) is 0 Å². The van der Waals surface area contributed by atoms with Crippen LogP contribution < -0.4 is 0 Å². The summed E-state index contributed by atoms with van der Waals surface area (Å²) in [5, 5.41) is 11.0. The molecule has 1 saturated carbocycles. The third kappa shape index (κ3) is 3.08. The van der Waals surface area contributed by atoms with E-state index in [9.17, 15) is 5.11 Å². The zero-order chi connectivity index (χ0) is 13.2. The Morgan fingerprint density at radius 3 is 2.78 bits per heavy atom. The molecular formula is C16H30O2. The summed E-state index contributed by atoms with van der Waals surface area (Å²) in [4.78, 5) is 0. The molecule has 1 N–H and O–H groups in total. The highest BCUT2D eigenvalue weighted by Gasteiger charge is 2.43. The van der Waals surface area contributed by atoms with Crippen molar-refractivity contribution in [3.8, 4) is 0 Å². The van der Waals surface area contributed by atoms with Gasteiger partial charge in [-0.25, -0.2) is 0 Å². The van der Waals surface area contributed by atoms with E-state index in [1.165, 1.54) is 32.1 Å². The molecule has 0 bridgehead atoms. The van der Waals surface area contributed by atoms with Crippen LogP contribution in [0.1, 0.15) is 65.7 Å². The number of aliphatic hydroxyl groups is 1. The van der Waals surface area contributed by atoms with E-state index in [-0.39, 0.29) is 6.10 Å². The van der Waals surface area contributed by atoms with E-state index in [0.717, 1.165) is 25.4 Å². The lowest BCUT2D eigenvalue weighted by molar-refractivity contribution is -0.150. The number of hydrogen-bond acceptors (Lipinski definition) is 2. The van der Waals surface area contributed by atoms with Crippen molar-refractivity contribution in [2.24, 2.45) is 17.8 Å². The molecule has 4 atom stereocenters. The van der Waals surface area contributed by atoms with Gasteiger partial charge in [-0.05, 0) is 37.0 Å². The van der Waals surface area contributed by atoms with Crippen LogP contribution in [-0.2, 0) is 4.74 Å². The summed E-state index contributed by atoms with van der Waals surface area (Å²) >= 11 is 0. The molecule has 18 heavy (non-hydrogen) atoms. The Hall–Kier alpha value is -0.0800. The monoisotopic (exact) mass is 254 g/mol. The fourth-order valence-electron chi connectivity index (χ4n) is 3.85. The van der Waals surface area contributed by atoms with Crippen LogP contribution in [0.15, 0.2) is 0 Å². The van der Waals surface area contributed by atoms with Crippen molar-refractivity contribution in [2.45, 2.75) is 77.4 Å².